The molecule has 0 bridgehead atoms. The summed E-state index contributed by atoms with van der Waals surface area (Å²) in [5.41, 5.74) is 5.61. The number of hydrogen-bond donors (Lipinski definition) is 1. The molecule has 2 N–H and O–H groups in total. The molecular weight excluding hydrogens is 206 g/mol. The van der Waals surface area contributed by atoms with Crippen LogP contribution < -0.4 is 5.73 Å². The van der Waals surface area contributed by atoms with Crippen molar-refractivity contribution < 1.29 is 14.3 Å². The van der Waals surface area contributed by atoms with Crippen LogP contribution in [0.1, 0.15) is 40.0 Å². The highest BCUT2D eigenvalue weighted by Crippen LogP contribution is 2.03. The normalized spacial score (nSPS) is 12.8. The lowest BCUT2D eigenvalue weighted by Gasteiger charge is -2.11. The molecule has 4 nitrogen and oxygen atoms in total. The smallest absolute Gasteiger partial charge is 0.322 e. The Kier molecular flexibility index (Phi) is 9.24. The standard InChI is InChI=1S/C12H25NO3/c1-4-16-12(14)11(13)7-9-15-8-5-6-10(2)3/h10-11H,4-9,13H2,1-3H3. The Morgan fingerprint density at radius 3 is 2.50 bits per heavy atom. The number of nitrogens with two attached hydrogens (primary N) is 1. The molecule has 0 aliphatic rings. The molecule has 0 radical (unpaired) electrons. The Balaban J connectivity index is 3.34. The van der Waals surface area contributed by atoms with Gasteiger partial charge in [-0.25, -0.2) is 0 Å². The van der Waals surface area contributed by atoms with Crippen molar-refractivity contribution in [1.82, 2.24) is 0 Å². The van der Waals surface area contributed by atoms with Gasteiger partial charge in [0, 0.05) is 13.2 Å². The molecule has 0 aliphatic heterocycles. The molecule has 1 unspecified atom stereocenters. The fourth-order valence-electron chi connectivity index (χ4n) is 1.27. The molecule has 4 heteroatoms. The molecule has 0 spiro atoms. The molecule has 96 valence electrons. The van der Waals surface area contributed by atoms with Gasteiger partial charge in [-0.2, -0.15) is 0 Å². The van der Waals surface area contributed by atoms with E-state index < -0.39 is 6.04 Å². The molecule has 0 rings (SSSR count). The Labute approximate surface area is 98.5 Å². The predicted molar refractivity (Wildman–Crippen MR) is 64.1 cm³/mol. The van der Waals surface area contributed by atoms with Gasteiger partial charge in [0.1, 0.15) is 6.04 Å². The predicted octanol–water partition coefficient (Wildman–Crippen LogP) is 1.72. The molecule has 0 amide bonds. The number of carbonyl (C=O) groups is 1. The maximum absolute atomic E-state index is 11.1. The lowest BCUT2D eigenvalue weighted by Crippen LogP contribution is -2.33. The van der Waals surface area contributed by atoms with Gasteiger partial charge in [0.05, 0.1) is 6.61 Å². The maximum Gasteiger partial charge on any atom is 0.322 e. The van der Waals surface area contributed by atoms with Crippen LogP contribution in [0.25, 0.3) is 0 Å². The zero-order valence-electron chi connectivity index (χ0n) is 10.7. The van der Waals surface area contributed by atoms with Crippen molar-refractivity contribution in [3.63, 3.8) is 0 Å². The van der Waals surface area contributed by atoms with E-state index in [2.05, 4.69) is 13.8 Å². The summed E-state index contributed by atoms with van der Waals surface area (Å²) in [7, 11) is 0. The van der Waals surface area contributed by atoms with Gasteiger partial charge in [-0.05, 0) is 32.1 Å². The summed E-state index contributed by atoms with van der Waals surface area (Å²) in [6, 6.07) is -0.551. The zero-order chi connectivity index (χ0) is 12.4. The molecule has 0 aliphatic carbocycles. The van der Waals surface area contributed by atoms with Crippen molar-refractivity contribution >= 4 is 5.97 Å². The third-order valence-corrected chi connectivity index (χ3v) is 2.23. The summed E-state index contributed by atoms with van der Waals surface area (Å²) < 4.78 is 10.2. The third kappa shape index (κ3) is 8.68. The van der Waals surface area contributed by atoms with Crippen LogP contribution in [0, 0.1) is 5.92 Å². The topological polar surface area (TPSA) is 61.5 Å². The van der Waals surface area contributed by atoms with E-state index >= 15 is 0 Å². The van der Waals surface area contributed by atoms with E-state index in [0.717, 1.165) is 13.0 Å². The first-order valence-electron chi connectivity index (χ1n) is 6.07. The quantitative estimate of drug-likeness (QED) is 0.485. The van der Waals surface area contributed by atoms with Crippen molar-refractivity contribution in [3.05, 3.63) is 0 Å². The van der Waals surface area contributed by atoms with Gasteiger partial charge in [-0.15, -0.1) is 0 Å². The minimum atomic E-state index is -0.551. The van der Waals surface area contributed by atoms with Crippen LogP contribution in [-0.4, -0.2) is 31.8 Å². The van der Waals surface area contributed by atoms with Gasteiger partial charge in [0.2, 0.25) is 0 Å². The van der Waals surface area contributed by atoms with E-state index in [9.17, 15) is 4.79 Å². The Hall–Kier alpha value is -0.610. The summed E-state index contributed by atoms with van der Waals surface area (Å²) in [5, 5.41) is 0. The zero-order valence-corrected chi connectivity index (χ0v) is 10.7. The first-order valence-corrected chi connectivity index (χ1v) is 6.07. The van der Waals surface area contributed by atoms with Crippen LogP contribution >= 0.6 is 0 Å². The van der Waals surface area contributed by atoms with Crippen LogP contribution in [0.3, 0.4) is 0 Å². The van der Waals surface area contributed by atoms with Gasteiger partial charge in [0.15, 0.2) is 0 Å². The van der Waals surface area contributed by atoms with Crippen LogP contribution in [0.4, 0.5) is 0 Å². The van der Waals surface area contributed by atoms with Gasteiger partial charge < -0.3 is 15.2 Å². The Bertz CT molecular complexity index is 183. The molecule has 0 aromatic heterocycles. The SMILES string of the molecule is CCOC(=O)C(N)CCOCCCC(C)C. The second kappa shape index (κ2) is 9.60. The summed E-state index contributed by atoms with van der Waals surface area (Å²) >= 11 is 0. The second-order valence-corrected chi connectivity index (χ2v) is 4.30. The van der Waals surface area contributed by atoms with Crippen LogP contribution in [0.15, 0.2) is 0 Å². The average Bonchev–Trinajstić information content (AvgIpc) is 2.22. The molecule has 0 aromatic rings. The van der Waals surface area contributed by atoms with Crippen LogP contribution in [0.5, 0.6) is 0 Å². The van der Waals surface area contributed by atoms with Crippen molar-refractivity contribution in [2.45, 2.75) is 46.1 Å². The first-order chi connectivity index (χ1) is 7.57. The molecule has 0 aromatic carbocycles. The molecular formula is C12H25NO3. The maximum atomic E-state index is 11.1. The number of ether oxygens (including phenoxy) is 2. The highest BCUT2D eigenvalue weighted by Gasteiger charge is 2.13. The lowest BCUT2D eigenvalue weighted by molar-refractivity contribution is -0.145. The highest BCUT2D eigenvalue weighted by molar-refractivity contribution is 5.75. The van der Waals surface area contributed by atoms with Crippen molar-refractivity contribution in [3.8, 4) is 0 Å². The summed E-state index contributed by atoms with van der Waals surface area (Å²) in [6.45, 7) is 7.80. The number of carbonyl (C=O) groups excluding carboxylic acids is 1. The second-order valence-electron chi connectivity index (χ2n) is 4.30. The first kappa shape index (κ1) is 15.4. The van der Waals surface area contributed by atoms with Crippen molar-refractivity contribution in [2.75, 3.05) is 19.8 Å². The largest absolute Gasteiger partial charge is 0.465 e. The van der Waals surface area contributed by atoms with Gasteiger partial charge in [0.25, 0.3) is 0 Å². The van der Waals surface area contributed by atoms with E-state index in [0.29, 0.717) is 25.6 Å². The van der Waals surface area contributed by atoms with E-state index in [4.69, 9.17) is 15.2 Å². The fraction of sp³-hybridized carbons (Fsp3) is 0.917. The third-order valence-electron chi connectivity index (χ3n) is 2.23. The van der Waals surface area contributed by atoms with E-state index in [1.54, 1.807) is 6.92 Å². The van der Waals surface area contributed by atoms with E-state index in [1.807, 2.05) is 0 Å². The molecule has 16 heavy (non-hydrogen) atoms. The Morgan fingerprint density at radius 2 is 1.94 bits per heavy atom. The van der Waals surface area contributed by atoms with E-state index in [1.165, 1.54) is 6.42 Å². The van der Waals surface area contributed by atoms with Crippen LogP contribution in [-0.2, 0) is 14.3 Å². The highest BCUT2D eigenvalue weighted by atomic mass is 16.5. The minimum absolute atomic E-state index is 0.340. The average molecular weight is 231 g/mol. The molecule has 0 saturated heterocycles. The van der Waals surface area contributed by atoms with Crippen molar-refractivity contribution in [2.24, 2.45) is 11.7 Å². The molecule has 0 saturated carbocycles. The molecule has 0 fully saturated rings. The lowest BCUT2D eigenvalue weighted by atomic mass is 10.1. The van der Waals surface area contributed by atoms with Gasteiger partial charge in [-0.1, -0.05) is 13.8 Å². The fourth-order valence-corrected chi connectivity index (χ4v) is 1.27. The minimum Gasteiger partial charge on any atom is -0.465 e. The summed E-state index contributed by atoms with van der Waals surface area (Å²) in [5.74, 6) is 0.374. The molecule has 1 atom stereocenters. The van der Waals surface area contributed by atoms with Crippen LogP contribution in [0.2, 0.25) is 0 Å². The Morgan fingerprint density at radius 1 is 1.25 bits per heavy atom. The molecule has 0 heterocycles. The summed E-state index contributed by atoms with van der Waals surface area (Å²) in [6.07, 6.45) is 2.76. The van der Waals surface area contributed by atoms with Gasteiger partial charge >= 0.3 is 5.97 Å². The number of hydrogen-bond acceptors (Lipinski definition) is 4. The summed E-state index contributed by atoms with van der Waals surface area (Å²) in [4.78, 5) is 11.1. The van der Waals surface area contributed by atoms with E-state index in [-0.39, 0.29) is 5.97 Å². The van der Waals surface area contributed by atoms with Gasteiger partial charge in [-0.3, -0.25) is 4.79 Å². The monoisotopic (exact) mass is 231 g/mol. The number of esters is 1. The van der Waals surface area contributed by atoms with Crippen molar-refractivity contribution in [1.29, 1.82) is 0 Å². The number of rotatable bonds is 9.